The molecule has 5 nitrogen and oxygen atoms in total. The minimum Gasteiger partial charge on any atom is -1.00 e. The highest BCUT2D eigenvalue weighted by Gasteiger charge is 2.16. The highest BCUT2D eigenvalue weighted by Crippen LogP contribution is 1.93. The molecule has 0 aliphatic heterocycles. The molecule has 0 saturated heterocycles. The lowest BCUT2D eigenvalue weighted by atomic mass is 10.3. The number of halogens is 1. The van der Waals surface area contributed by atoms with E-state index in [1.807, 2.05) is 13.8 Å². The normalized spacial score (nSPS) is 9.44. The van der Waals surface area contributed by atoms with E-state index in [2.05, 4.69) is 0 Å². The average molecular weight is 272 g/mol. The lowest BCUT2D eigenvalue weighted by Gasteiger charge is -2.16. The van der Waals surface area contributed by atoms with Crippen LogP contribution in [0, 0.1) is 0 Å². The van der Waals surface area contributed by atoms with Crippen LogP contribution in [-0.2, 0) is 11.3 Å². The van der Waals surface area contributed by atoms with Crippen molar-refractivity contribution in [3.63, 3.8) is 0 Å². The highest BCUT2D eigenvalue weighted by molar-refractivity contribution is 5.92. The Morgan fingerprint density at radius 1 is 1.33 bits per heavy atom. The molecule has 0 aromatic carbocycles. The topological polar surface area (TPSA) is 67.3 Å². The molecule has 1 aromatic rings. The molecule has 100 valence electrons. The number of carbonyl (C=O) groups is 2. The van der Waals surface area contributed by atoms with Crippen LogP contribution in [0.15, 0.2) is 24.5 Å². The first-order valence-corrected chi connectivity index (χ1v) is 5.65. The van der Waals surface area contributed by atoms with E-state index < -0.39 is 5.91 Å². The Morgan fingerprint density at radius 2 is 1.94 bits per heavy atom. The zero-order valence-electron chi connectivity index (χ0n) is 10.6. The summed E-state index contributed by atoms with van der Waals surface area (Å²) in [5, 5.41) is 0. The van der Waals surface area contributed by atoms with Gasteiger partial charge in [-0.3, -0.25) is 9.59 Å². The van der Waals surface area contributed by atoms with Gasteiger partial charge in [0.25, 0.3) is 11.8 Å². The Bertz CT molecular complexity index is 420. The molecule has 2 amide bonds. The molecule has 0 fully saturated rings. The second-order valence-electron chi connectivity index (χ2n) is 3.70. The highest BCUT2D eigenvalue weighted by atomic mass is 35.5. The van der Waals surface area contributed by atoms with Crippen molar-refractivity contribution in [3.05, 3.63) is 30.1 Å². The molecule has 0 bridgehead atoms. The number of likely N-dealkylation sites (N-methyl/N-ethyl adjacent to an activating group) is 1. The van der Waals surface area contributed by atoms with Crippen LogP contribution in [0.4, 0.5) is 0 Å². The predicted octanol–water partition coefficient (Wildman–Crippen LogP) is -3.05. The molecule has 1 rings (SSSR count). The van der Waals surface area contributed by atoms with E-state index in [1.165, 1.54) is 0 Å². The maximum absolute atomic E-state index is 11.8. The Balaban J connectivity index is 0.00000289. The monoisotopic (exact) mass is 271 g/mol. The fourth-order valence-corrected chi connectivity index (χ4v) is 1.60. The number of pyridine rings is 1. The summed E-state index contributed by atoms with van der Waals surface area (Å²) in [7, 11) is 0. The SMILES string of the molecule is CCN(CC)C(=O)C[n+]1cccc(C(N)=O)c1.[Cl-]. The van der Waals surface area contributed by atoms with E-state index in [0.717, 1.165) is 0 Å². The summed E-state index contributed by atoms with van der Waals surface area (Å²) < 4.78 is 1.67. The third kappa shape index (κ3) is 4.33. The fraction of sp³-hybridized carbons (Fsp3) is 0.417. The molecule has 0 atom stereocenters. The van der Waals surface area contributed by atoms with Crippen molar-refractivity contribution < 1.29 is 26.6 Å². The Morgan fingerprint density at radius 3 is 2.44 bits per heavy atom. The smallest absolute Gasteiger partial charge is 0.288 e. The van der Waals surface area contributed by atoms with Crippen molar-refractivity contribution in [1.29, 1.82) is 0 Å². The molecular weight excluding hydrogens is 254 g/mol. The number of nitrogens with two attached hydrogens (primary N) is 1. The second kappa shape index (κ2) is 7.66. The van der Waals surface area contributed by atoms with Gasteiger partial charge in [-0.1, -0.05) is 0 Å². The van der Waals surface area contributed by atoms with E-state index in [0.29, 0.717) is 18.7 Å². The fourth-order valence-electron chi connectivity index (χ4n) is 1.60. The number of carbonyl (C=O) groups excluding carboxylic acids is 2. The average Bonchev–Trinajstić information content (AvgIpc) is 2.30. The van der Waals surface area contributed by atoms with Crippen molar-refractivity contribution in [2.24, 2.45) is 5.73 Å². The summed E-state index contributed by atoms with van der Waals surface area (Å²) in [4.78, 5) is 24.6. The van der Waals surface area contributed by atoms with Gasteiger partial charge in [-0.05, 0) is 19.9 Å². The zero-order chi connectivity index (χ0) is 12.8. The zero-order valence-corrected chi connectivity index (χ0v) is 11.4. The molecule has 1 aromatic heterocycles. The number of hydrogen-bond donors (Lipinski definition) is 1. The first-order chi connectivity index (χ1) is 8.08. The van der Waals surface area contributed by atoms with Crippen LogP contribution in [0.25, 0.3) is 0 Å². The largest absolute Gasteiger partial charge is 1.00 e. The number of aromatic nitrogens is 1. The summed E-state index contributed by atoms with van der Waals surface area (Å²) in [5.74, 6) is -0.462. The van der Waals surface area contributed by atoms with Crippen LogP contribution >= 0.6 is 0 Å². The van der Waals surface area contributed by atoms with E-state index in [1.54, 1.807) is 34.0 Å². The number of primary amides is 1. The Labute approximate surface area is 113 Å². The van der Waals surface area contributed by atoms with Gasteiger partial charge >= 0.3 is 0 Å². The van der Waals surface area contributed by atoms with Crippen LogP contribution < -0.4 is 22.7 Å². The quantitative estimate of drug-likeness (QED) is 0.578. The Hall–Kier alpha value is -1.62. The summed E-state index contributed by atoms with van der Waals surface area (Å²) in [6.45, 7) is 5.47. The number of rotatable bonds is 5. The summed E-state index contributed by atoms with van der Waals surface area (Å²) >= 11 is 0. The van der Waals surface area contributed by atoms with Gasteiger partial charge in [-0.2, -0.15) is 4.57 Å². The molecule has 0 spiro atoms. The number of amides is 2. The first-order valence-electron chi connectivity index (χ1n) is 5.65. The van der Waals surface area contributed by atoms with Crippen molar-refractivity contribution in [1.82, 2.24) is 4.90 Å². The Kier molecular flexibility index (Phi) is 6.97. The number of nitrogens with zero attached hydrogens (tertiary/aromatic N) is 2. The van der Waals surface area contributed by atoms with Gasteiger partial charge in [0.15, 0.2) is 12.4 Å². The van der Waals surface area contributed by atoms with Gasteiger partial charge in [-0.15, -0.1) is 0 Å². The van der Waals surface area contributed by atoms with Gasteiger partial charge < -0.3 is 23.0 Å². The molecule has 0 unspecified atom stereocenters. The predicted molar refractivity (Wildman–Crippen MR) is 63.1 cm³/mol. The second-order valence-corrected chi connectivity index (χ2v) is 3.70. The van der Waals surface area contributed by atoms with Crippen molar-refractivity contribution >= 4 is 11.8 Å². The summed E-state index contributed by atoms with van der Waals surface area (Å²) in [6, 6.07) is 3.33. The van der Waals surface area contributed by atoms with Gasteiger partial charge in [0, 0.05) is 19.2 Å². The van der Waals surface area contributed by atoms with Crippen LogP contribution in [0.3, 0.4) is 0 Å². The van der Waals surface area contributed by atoms with Crippen LogP contribution in [-0.4, -0.2) is 29.8 Å². The van der Waals surface area contributed by atoms with Gasteiger partial charge in [0.05, 0.1) is 0 Å². The van der Waals surface area contributed by atoms with Gasteiger partial charge in [0.2, 0.25) is 6.54 Å². The van der Waals surface area contributed by atoms with Gasteiger partial charge in [0.1, 0.15) is 5.56 Å². The molecule has 0 aliphatic rings. The van der Waals surface area contributed by atoms with Crippen LogP contribution in [0.5, 0.6) is 0 Å². The minimum atomic E-state index is -0.491. The minimum absolute atomic E-state index is 0. The van der Waals surface area contributed by atoms with E-state index in [9.17, 15) is 9.59 Å². The van der Waals surface area contributed by atoms with Gasteiger partial charge in [-0.25, -0.2) is 0 Å². The molecule has 0 radical (unpaired) electrons. The van der Waals surface area contributed by atoms with Crippen molar-refractivity contribution in [2.45, 2.75) is 20.4 Å². The van der Waals surface area contributed by atoms with E-state index in [4.69, 9.17) is 5.73 Å². The molecular formula is C12H18ClN3O2. The summed E-state index contributed by atoms with van der Waals surface area (Å²) in [6.07, 6.45) is 3.33. The molecule has 1 heterocycles. The standard InChI is InChI=1S/C12H17N3O2.ClH/c1-3-15(4-2)11(16)9-14-7-5-6-10(8-14)12(13)17;/h5-8H,3-4,9H2,1-2H3,(H-,13,17);1H. The van der Waals surface area contributed by atoms with Crippen LogP contribution in [0.1, 0.15) is 24.2 Å². The van der Waals surface area contributed by atoms with Crippen LogP contribution in [0.2, 0.25) is 0 Å². The first kappa shape index (κ1) is 16.4. The van der Waals surface area contributed by atoms with E-state index >= 15 is 0 Å². The van der Waals surface area contributed by atoms with Crippen molar-refractivity contribution in [2.75, 3.05) is 13.1 Å². The molecule has 0 saturated carbocycles. The van der Waals surface area contributed by atoms with E-state index in [-0.39, 0.29) is 24.9 Å². The molecule has 2 N–H and O–H groups in total. The molecule has 6 heteroatoms. The maximum Gasteiger partial charge on any atom is 0.288 e. The summed E-state index contributed by atoms with van der Waals surface area (Å²) in [5.41, 5.74) is 5.58. The lowest BCUT2D eigenvalue weighted by Crippen LogP contribution is -3.00. The van der Waals surface area contributed by atoms with Crippen molar-refractivity contribution in [3.8, 4) is 0 Å². The molecule has 18 heavy (non-hydrogen) atoms. The molecule has 0 aliphatic carbocycles. The third-order valence-electron chi connectivity index (χ3n) is 2.58. The lowest BCUT2D eigenvalue weighted by molar-refractivity contribution is -0.685. The number of hydrogen-bond acceptors (Lipinski definition) is 2. The third-order valence-corrected chi connectivity index (χ3v) is 2.58. The maximum atomic E-state index is 11.8.